The van der Waals surface area contributed by atoms with Crippen LogP contribution in [0.5, 0.6) is 0 Å². The first kappa shape index (κ1) is 13.7. The molecule has 0 amide bonds. The Balaban J connectivity index is 2.58. The Labute approximate surface area is 111 Å². The number of aromatic nitrogens is 2. The highest BCUT2D eigenvalue weighted by atomic mass is 16.5. The summed E-state index contributed by atoms with van der Waals surface area (Å²) in [6.07, 6.45) is 1.71. The van der Waals surface area contributed by atoms with Crippen LogP contribution in [-0.2, 0) is 9.47 Å². The van der Waals surface area contributed by atoms with Crippen molar-refractivity contribution in [2.24, 2.45) is 0 Å². The molecule has 0 aliphatic heterocycles. The van der Waals surface area contributed by atoms with Gasteiger partial charge >= 0.3 is 0 Å². The summed E-state index contributed by atoms with van der Waals surface area (Å²) in [5.74, 6) is 0. The number of fused-ring (bicyclic) bond motifs is 1. The lowest BCUT2D eigenvalue weighted by Gasteiger charge is -2.17. The Hall–Kier alpha value is -1.72. The van der Waals surface area contributed by atoms with Crippen LogP contribution < -0.4 is 5.56 Å². The van der Waals surface area contributed by atoms with Crippen LogP contribution in [0.4, 0.5) is 0 Å². The maximum atomic E-state index is 12.5. The zero-order valence-electron chi connectivity index (χ0n) is 11.4. The Morgan fingerprint density at radius 2 is 1.95 bits per heavy atom. The van der Waals surface area contributed by atoms with Gasteiger partial charge in [-0.05, 0) is 12.5 Å². The Morgan fingerprint density at radius 1 is 1.26 bits per heavy atom. The fourth-order valence-electron chi connectivity index (χ4n) is 2.22. The molecule has 0 unspecified atom stereocenters. The van der Waals surface area contributed by atoms with Gasteiger partial charge < -0.3 is 9.47 Å². The van der Waals surface area contributed by atoms with E-state index in [1.807, 2.05) is 25.1 Å². The molecule has 1 heterocycles. The van der Waals surface area contributed by atoms with Gasteiger partial charge in [0.15, 0.2) is 0 Å². The molecule has 0 bridgehead atoms. The van der Waals surface area contributed by atoms with Gasteiger partial charge in [0.25, 0.3) is 5.56 Å². The van der Waals surface area contributed by atoms with Gasteiger partial charge in [0, 0.05) is 19.6 Å². The molecule has 0 radical (unpaired) electrons. The Bertz CT molecular complexity index is 616. The highest BCUT2D eigenvalue weighted by Crippen LogP contribution is 2.14. The first-order valence-corrected chi connectivity index (χ1v) is 6.14. The number of ether oxygens (including phenoxy) is 2. The van der Waals surface area contributed by atoms with Gasteiger partial charge in [-0.15, -0.1) is 0 Å². The number of nitrogens with zero attached hydrogens (tertiary/aromatic N) is 2. The largest absolute Gasteiger partial charge is 0.382 e. The number of methoxy groups -OCH3 is 2. The molecule has 5 nitrogen and oxygen atoms in total. The van der Waals surface area contributed by atoms with Crippen molar-refractivity contribution in [2.75, 3.05) is 27.4 Å². The molecule has 0 saturated carbocycles. The van der Waals surface area contributed by atoms with Gasteiger partial charge in [-0.25, -0.2) is 4.68 Å². The molecule has 0 spiro atoms. The van der Waals surface area contributed by atoms with Crippen LogP contribution in [0.3, 0.4) is 0 Å². The third kappa shape index (κ3) is 2.67. The third-order valence-corrected chi connectivity index (χ3v) is 3.11. The summed E-state index contributed by atoms with van der Waals surface area (Å²) in [5, 5.41) is 5.79. The molecule has 2 aromatic rings. The van der Waals surface area contributed by atoms with Crippen molar-refractivity contribution in [1.29, 1.82) is 0 Å². The number of aryl methyl sites for hydroxylation is 1. The summed E-state index contributed by atoms with van der Waals surface area (Å²) in [5.41, 5.74) is 0.849. The molecule has 0 fully saturated rings. The molecule has 0 aliphatic carbocycles. The average molecular weight is 262 g/mol. The molecule has 1 aromatic carbocycles. The van der Waals surface area contributed by atoms with E-state index in [4.69, 9.17) is 9.47 Å². The monoisotopic (exact) mass is 262 g/mol. The Morgan fingerprint density at radius 3 is 2.58 bits per heavy atom. The van der Waals surface area contributed by atoms with Crippen LogP contribution in [0, 0.1) is 6.92 Å². The van der Waals surface area contributed by atoms with Crippen molar-refractivity contribution < 1.29 is 9.47 Å². The number of benzene rings is 1. The van der Waals surface area contributed by atoms with Crippen LogP contribution in [0.15, 0.2) is 29.2 Å². The first-order chi connectivity index (χ1) is 9.19. The molecule has 1 aromatic heterocycles. The van der Waals surface area contributed by atoms with E-state index < -0.39 is 0 Å². The summed E-state index contributed by atoms with van der Waals surface area (Å²) >= 11 is 0. The van der Waals surface area contributed by atoms with E-state index in [9.17, 15) is 4.79 Å². The summed E-state index contributed by atoms with van der Waals surface area (Å²) < 4.78 is 11.7. The second-order valence-electron chi connectivity index (χ2n) is 4.50. The van der Waals surface area contributed by atoms with Crippen molar-refractivity contribution in [3.63, 3.8) is 0 Å². The molecule has 5 heteroatoms. The molecule has 102 valence electrons. The Kier molecular flexibility index (Phi) is 4.29. The van der Waals surface area contributed by atoms with Crippen molar-refractivity contribution in [1.82, 2.24) is 9.78 Å². The molecular weight excluding hydrogens is 244 g/mol. The van der Waals surface area contributed by atoms with Crippen molar-refractivity contribution in [3.8, 4) is 0 Å². The maximum Gasteiger partial charge on any atom is 0.275 e. The van der Waals surface area contributed by atoms with Gasteiger partial charge in [0.05, 0.1) is 24.8 Å². The van der Waals surface area contributed by atoms with Gasteiger partial charge in [0.2, 0.25) is 0 Å². The minimum Gasteiger partial charge on any atom is -0.382 e. The summed E-state index contributed by atoms with van der Waals surface area (Å²) in [6.45, 7) is 2.70. The highest BCUT2D eigenvalue weighted by molar-refractivity contribution is 5.83. The molecule has 0 N–H and O–H groups in total. The van der Waals surface area contributed by atoms with Gasteiger partial charge in [-0.3, -0.25) is 4.79 Å². The molecule has 19 heavy (non-hydrogen) atoms. The van der Waals surface area contributed by atoms with E-state index in [2.05, 4.69) is 5.10 Å². The van der Waals surface area contributed by atoms with Crippen molar-refractivity contribution in [2.45, 2.75) is 13.0 Å². The predicted molar refractivity (Wildman–Crippen MR) is 73.5 cm³/mol. The van der Waals surface area contributed by atoms with Crippen LogP contribution in [-0.4, -0.2) is 37.2 Å². The van der Waals surface area contributed by atoms with E-state index in [-0.39, 0.29) is 11.6 Å². The van der Waals surface area contributed by atoms with E-state index in [1.54, 1.807) is 20.4 Å². The average Bonchev–Trinajstić information content (AvgIpc) is 2.39. The van der Waals surface area contributed by atoms with E-state index in [1.165, 1.54) is 4.68 Å². The quantitative estimate of drug-likeness (QED) is 0.820. The lowest BCUT2D eigenvalue weighted by Crippen LogP contribution is -2.32. The minimum atomic E-state index is -0.216. The van der Waals surface area contributed by atoms with Gasteiger partial charge in [-0.1, -0.05) is 18.2 Å². The van der Waals surface area contributed by atoms with Gasteiger partial charge in [-0.2, -0.15) is 5.10 Å². The minimum absolute atomic E-state index is 0.102. The zero-order valence-corrected chi connectivity index (χ0v) is 11.4. The second-order valence-corrected chi connectivity index (χ2v) is 4.50. The lowest BCUT2D eigenvalue weighted by molar-refractivity contribution is 0.0818. The molecule has 0 saturated heterocycles. The van der Waals surface area contributed by atoms with E-state index in [0.29, 0.717) is 18.6 Å². The predicted octanol–water partition coefficient (Wildman–Crippen LogP) is 1.54. The normalized spacial score (nSPS) is 11.4. The number of rotatable bonds is 5. The number of hydrogen-bond donors (Lipinski definition) is 0. The van der Waals surface area contributed by atoms with Crippen LogP contribution in [0.25, 0.3) is 10.8 Å². The summed E-state index contributed by atoms with van der Waals surface area (Å²) in [7, 11) is 3.19. The smallest absolute Gasteiger partial charge is 0.275 e. The van der Waals surface area contributed by atoms with Crippen LogP contribution in [0.2, 0.25) is 0 Å². The molecule has 0 atom stereocenters. The van der Waals surface area contributed by atoms with Crippen LogP contribution >= 0.6 is 0 Å². The molecule has 2 rings (SSSR count). The topological polar surface area (TPSA) is 53.4 Å². The maximum absolute atomic E-state index is 12.5. The fourth-order valence-corrected chi connectivity index (χ4v) is 2.22. The van der Waals surface area contributed by atoms with Crippen molar-refractivity contribution >= 4 is 10.8 Å². The summed E-state index contributed by atoms with van der Waals surface area (Å²) in [4.78, 5) is 12.5. The standard InChI is InChI=1S/C14H18N2O3/c1-10-5-4-6-11-7-15-16(14(17)13(10)11)12(8-18-2)9-19-3/h4-7,12H,8-9H2,1-3H3. The van der Waals surface area contributed by atoms with E-state index in [0.717, 1.165) is 10.9 Å². The molecule has 0 aliphatic rings. The third-order valence-electron chi connectivity index (χ3n) is 3.11. The summed E-state index contributed by atoms with van der Waals surface area (Å²) in [6, 6.07) is 5.52. The lowest BCUT2D eigenvalue weighted by atomic mass is 10.1. The number of hydrogen-bond acceptors (Lipinski definition) is 4. The van der Waals surface area contributed by atoms with E-state index >= 15 is 0 Å². The zero-order chi connectivity index (χ0) is 13.8. The SMILES string of the molecule is COCC(COC)n1ncc2cccc(C)c2c1=O. The van der Waals surface area contributed by atoms with Crippen molar-refractivity contribution in [3.05, 3.63) is 40.3 Å². The van der Waals surface area contributed by atoms with Gasteiger partial charge in [0.1, 0.15) is 6.04 Å². The molecular formula is C14H18N2O3. The second kappa shape index (κ2) is 5.95. The first-order valence-electron chi connectivity index (χ1n) is 6.14. The van der Waals surface area contributed by atoms with Crippen LogP contribution in [0.1, 0.15) is 11.6 Å². The fraction of sp³-hybridized carbons (Fsp3) is 0.429. The highest BCUT2D eigenvalue weighted by Gasteiger charge is 2.15.